The fourth-order valence-corrected chi connectivity index (χ4v) is 6.11. The van der Waals surface area contributed by atoms with Gasteiger partial charge >= 0.3 is 0 Å². The van der Waals surface area contributed by atoms with E-state index in [0.29, 0.717) is 24.7 Å². The Bertz CT molecular complexity index is 1120. The number of benzene rings is 1. The van der Waals surface area contributed by atoms with Crippen LogP contribution < -0.4 is 0 Å². The molecule has 0 saturated carbocycles. The lowest BCUT2D eigenvalue weighted by atomic mass is 10.2. The molecule has 11 heteroatoms. The van der Waals surface area contributed by atoms with E-state index in [4.69, 9.17) is 0 Å². The van der Waals surface area contributed by atoms with Crippen LogP contribution in [0.25, 0.3) is 0 Å². The number of carbonyl (C=O) groups excluding carboxylic acids is 1. The van der Waals surface area contributed by atoms with Gasteiger partial charge in [-0.05, 0) is 30.5 Å². The molecule has 2 aromatic heterocycles. The first-order chi connectivity index (χ1) is 14.9. The molecule has 0 unspecified atom stereocenters. The molecule has 0 radical (unpaired) electrons. The molecule has 1 N–H and O–H groups in total. The molecule has 0 bridgehead atoms. The summed E-state index contributed by atoms with van der Waals surface area (Å²) in [6.45, 7) is 3.25. The summed E-state index contributed by atoms with van der Waals surface area (Å²) in [6.07, 6.45) is 0.691. The van der Waals surface area contributed by atoms with E-state index in [1.807, 2.05) is 24.4 Å². The maximum atomic E-state index is 12.8. The standard InChI is InChI=1S/C20H23N5O3S3/c1-15-4-6-17(7-5-15)31(27,28)25-10-8-24(9-11-25)19(26)14-30-20-21-18(22-23-20)13-16-3-2-12-29-16/h2-7,12H,8-11,13-14H2,1H3,(H,21,22,23). The molecule has 0 atom stereocenters. The van der Waals surface area contributed by atoms with Gasteiger partial charge in [0.2, 0.25) is 21.1 Å². The van der Waals surface area contributed by atoms with Gasteiger partial charge in [-0.1, -0.05) is 35.5 Å². The fraction of sp³-hybridized carbons (Fsp3) is 0.350. The van der Waals surface area contributed by atoms with Crippen LogP contribution in [0.1, 0.15) is 16.3 Å². The molecule has 4 rings (SSSR count). The third kappa shape index (κ3) is 5.35. The van der Waals surface area contributed by atoms with E-state index in [0.717, 1.165) is 11.4 Å². The molecule has 0 aliphatic carbocycles. The number of sulfonamides is 1. The van der Waals surface area contributed by atoms with E-state index in [1.165, 1.54) is 20.9 Å². The Morgan fingerprint density at radius 3 is 2.58 bits per heavy atom. The lowest BCUT2D eigenvalue weighted by Gasteiger charge is -2.34. The molecule has 3 heterocycles. The van der Waals surface area contributed by atoms with Crippen molar-refractivity contribution in [2.45, 2.75) is 23.4 Å². The van der Waals surface area contributed by atoms with Gasteiger partial charge in [-0.15, -0.1) is 16.4 Å². The molecule has 0 spiro atoms. The molecule has 1 fully saturated rings. The van der Waals surface area contributed by atoms with Crippen molar-refractivity contribution in [3.8, 4) is 0 Å². The Balaban J connectivity index is 1.27. The highest BCUT2D eigenvalue weighted by Gasteiger charge is 2.30. The number of hydrogen-bond acceptors (Lipinski definition) is 7. The topological polar surface area (TPSA) is 99.3 Å². The largest absolute Gasteiger partial charge is 0.339 e. The van der Waals surface area contributed by atoms with Crippen molar-refractivity contribution < 1.29 is 13.2 Å². The van der Waals surface area contributed by atoms with E-state index >= 15 is 0 Å². The average molecular weight is 478 g/mol. The second-order valence-corrected chi connectivity index (χ2v) is 11.1. The molecule has 31 heavy (non-hydrogen) atoms. The van der Waals surface area contributed by atoms with Crippen LogP contribution in [0.2, 0.25) is 0 Å². The highest BCUT2D eigenvalue weighted by Crippen LogP contribution is 2.20. The normalized spacial score (nSPS) is 15.3. The van der Waals surface area contributed by atoms with Gasteiger partial charge in [0.05, 0.1) is 10.6 Å². The Labute approximate surface area is 189 Å². The summed E-state index contributed by atoms with van der Waals surface area (Å²) in [7, 11) is -3.54. The van der Waals surface area contributed by atoms with Crippen LogP contribution in [0, 0.1) is 6.92 Å². The predicted octanol–water partition coefficient (Wildman–Crippen LogP) is 2.39. The van der Waals surface area contributed by atoms with Gasteiger partial charge < -0.3 is 4.90 Å². The quantitative estimate of drug-likeness (QED) is 0.525. The first-order valence-corrected chi connectivity index (χ1v) is 13.1. The van der Waals surface area contributed by atoms with Crippen molar-refractivity contribution in [1.82, 2.24) is 24.4 Å². The van der Waals surface area contributed by atoms with Crippen molar-refractivity contribution in [3.05, 3.63) is 58.0 Å². The van der Waals surface area contributed by atoms with Gasteiger partial charge in [-0.2, -0.15) is 4.31 Å². The highest BCUT2D eigenvalue weighted by molar-refractivity contribution is 7.99. The molecule has 1 saturated heterocycles. The number of nitrogens with one attached hydrogen (secondary N) is 1. The number of thioether (sulfide) groups is 1. The minimum absolute atomic E-state index is 0.0398. The van der Waals surface area contributed by atoms with Crippen LogP contribution in [0.5, 0.6) is 0 Å². The Kier molecular flexibility index (Phi) is 6.75. The monoisotopic (exact) mass is 477 g/mol. The van der Waals surface area contributed by atoms with Gasteiger partial charge in [0, 0.05) is 37.5 Å². The van der Waals surface area contributed by atoms with Crippen molar-refractivity contribution in [3.63, 3.8) is 0 Å². The number of carbonyl (C=O) groups is 1. The second-order valence-electron chi connectivity index (χ2n) is 7.21. The molecule has 1 aliphatic rings. The number of amides is 1. The van der Waals surface area contributed by atoms with Crippen molar-refractivity contribution >= 4 is 39.0 Å². The van der Waals surface area contributed by atoms with E-state index < -0.39 is 10.0 Å². The number of aromatic amines is 1. The minimum atomic E-state index is -3.54. The van der Waals surface area contributed by atoms with E-state index in [9.17, 15) is 13.2 Å². The zero-order valence-corrected chi connectivity index (χ0v) is 19.5. The van der Waals surface area contributed by atoms with Crippen LogP contribution in [0.4, 0.5) is 0 Å². The molecule has 8 nitrogen and oxygen atoms in total. The van der Waals surface area contributed by atoms with Crippen LogP contribution >= 0.6 is 23.1 Å². The molecule has 164 valence electrons. The number of H-pyrrole nitrogens is 1. The van der Waals surface area contributed by atoms with Crippen LogP contribution in [-0.2, 0) is 21.2 Å². The van der Waals surface area contributed by atoms with Gasteiger partial charge in [-0.3, -0.25) is 9.89 Å². The van der Waals surface area contributed by atoms with Gasteiger partial charge in [0.25, 0.3) is 0 Å². The number of aryl methyl sites for hydroxylation is 1. The van der Waals surface area contributed by atoms with E-state index in [1.54, 1.807) is 40.5 Å². The first-order valence-electron chi connectivity index (χ1n) is 9.83. The number of hydrogen-bond donors (Lipinski definition) is 1. The predicted molar refractivity (Wildman–Crippen MR) is 121 cm³/mol. The summed E-state index contributed by atoms with van der Waals surface area (Å²) in [6, 6.07) is 10.9. The number of rotatable bonds is 7. The third-order valence-electron chi connectivity index (χ3n) is 5.01. The highest BCUT2D eigenvalue weighted by atomic mass is 32.2. The maximum absolute atomic E-state index is 12.8. The van der Waals surface area contributed by atoms with Crippen LogP contribution in [0.3, 0.4) is 0 Å². The number of aromatic nitrogens is 3. The summed E-state index contributed by atoms with van der Waals surface area (Å²) in [5.74, 6) is 0.954. The summed E-state index contributed by atoms with van der Waals surface area (Å²) in [5.41, 5.74) is 1.01. The Hall–Kier alpha value is -2.21. The zero-order chi connectivity index (χ0) is 21.8. The molecular formula is C20H23N5O3S3. The summed E-state index contributed by atoms with van der Waals surface area (Å²) in [4.78, 5) is 20.2. The SMILES string of the molecule is Cc1ccc(S(=O)(=O)N2CCN(C(=O)CSc3n[nH]c(Cc4cccs4)n3)CC2)cc1. The van der Waals surface area contributed by atoms with Crippen molar-refractivity contribution in [1.29, 1.82) is 0 Å². The minimum Gasteiger partial charge on any atom is -0.339 e. The van der Waals surface area contributed by atoms with E-state index in [-0.39, 0.29) is 29.6 Å². The fourth-order valence-electron chi connectivity index (χ4n) is 3.25. The lowest BCUT2D eigenvalue weighted by Crippen LogP contribution is -2.50. The first kappa shape index (κ1) is 22.0. The second kappa shape index (κ2) is 9.51. The maximum Gasteiger partial charge on any atom is 0.243 e. The van der Waals surface area contributed by atoms with E-state index in [2.05, 4.69) is 15.2 Å². The van der Waals surface area contributed by atoms with Crippen LogP contribution in [0.15, 0.2) is 51.8 Å². The van der Waals surface area contributed by atoms with Crippen molar-refractivity contribution in [2.24, 2.45) is 0 Å². The number of piperazine rings is 1. The molecule has 1 amide bonds. The van der Waals surface area contributed by atoms with Gasteiger partial charge in [0.15, 0.2) is 0 Å². The summed E-state index contributed by atoms with van der Waals surface area (Å²) < 4.78 is 27.0. The molecule has 3 aromatic rings. The zero-order valence-electron chi connectivity index (χ0n) is 17.0. The number of thiophene rings is 1. The average Bonchev–Trinajstić information content (AvgIpc) is 3.45. The molecule has 1 aromatic carbocycles. The Morgan fingerprint density at radius 2 is 1.90 bits per heavy atom. The number of nitrogens with zero attached hydrogens (tertiary/aromatic N) is 4. The molecule has 1 aliphatic heterocycles. The van der Waals surface area contributed by atoms with Crippen molar-refractivity contribution in [2.75, 3.05) is 31.9 Å². The smallest absolute Gasteiger partial charge is 0.243 e. The summed E-state index contributed by atoms with van der Waals surface area (Å²) in [5, 5.41) is 9.65. The Morgan fingerprint density at radius 1 is 1.16 bits per heavy atom. The summed E-state index contributed by atoms with van der Waals surface area (Å²) >= 11 is 2.95. The van der Waals surface area contributed by atoms with Crippen LogP contribution in [-0.4, -0.2) is 70.6 Å². The third-order valence-corrected chi connectivity index (χ3v) is 8.63. The lowest BCUT2D eigenvalue weighted by molar-refractivity contribution is -0.129. The molecular weight excluding hydrogens is 454 g/mol. The van der Waals surface area contributed by atoms with Gasteiger partial charge in [-0.25, -0.2) is 13.4 Å². The van der Waals surface area contributed by atoms with Gasteiger partial charge in [0.1, 0.15) is 5.82 Å².